The Morgan fingerprint density at radius 1 is 1.33 bits per heavy atom. The molecule has 1 saturated heterocycles. The van der Waals surface area contributed by atoms with Gasteiger partial charge >= 0.3 is 5.97 Å². The normalized spacial score (nSPS) is 16.6. The van der Waals surface area contributed by atoms with Gasteiger partial charge in [-0.2, -0.15) is 0 Å². The van der Waals surface area contributed by atoms with Gasteiger partial charge in [0, 0.05) is 31.4 Å². The molecule has 110 valence electrons. The molecular formula is C15H16N2O3S. The molecule has 0 atom stereocenters. The number of benzene rings is 1. The van der Waals surface area contributed by atoms with Crippen LogP contribution in [-0.2, 0) is 11.3 Å². The number of amides is 1. The van der Waals surface area contributed by atoms with E-state index in [1.807, 2.05) is 29.2 Å². The van der Waals surface area contributed by atoms with Gasteiger partial charge in [-0.25, -0.2) is 4.79 Å². The van der Waals surface area contributed by atoms with Crippen LogP contribution in [0.1, 0.15) is 15.2 Å². The number of fused-ring (bicyclic) bond motifs is 1. The second-order valence-corrected chi connectivity index (χ2v) is 6.29. The lowest BCUT2D eigenvalue weighted by Gasteiger charge is -2.31. The highest BCUT2D eigenvalue weighted by atomic mass is 32.1. The molecule has 1 aromatic carbocycles. The van der Waals surface area contributed by atoms with E-state index in [9.17, 15) is 14.7 Å². The third-order valence-corrected chi connectivity index (χ3v) is 5.01. The van der Waals surface area contributed by atoms with Crippen molar-refractivity contribution in [2.45, 2.75) is 6.54 Å². The van der Waals surface area contributed by atoms with Crippen LogP contribution >= 0.6 is 11.3 Å². The molecule has 21 heavy (non-hydrogen) atoms. The van der Waals surface area contributed by atoms with Crippen molar-refractivity contribution < 1.29 is 14.7 Å². The summed E-state index contributed by atoms with van der Waals surface area (Å²) < 4.78 is 0.977. The van der Waals surface area contributed by atoms with Crippen LogP contribution in [0.2, 0.25) is 0 Å². The van der Waals surface area contributed by atoms with Crippen LogP contribution in [0.3, 0.4) is 0 Å². The summed E-state index contributed by atoms with van der Waals surface area (Å²) in [6, 6.07) is 7.71. The predicted molar refractivity (Wildman–Crippen MR) is 81.7 cm³/mol. The number of thiophene rings is 1. The number of carbonyl (C=O) groups excluding carboxylic acids is 1. The molecular weight excluding hydrogens is 288 g/mol. The number of likely N-dealkylation sites (N-methyl/N-ethyl adjacent to an activating group) is 1. The van der Waals surface area contributed by atoms with Crippen molar-refractivity contribution in [2.24, 2.45) is 0 Å². The Balaban J connectivity index is 1.94. The average molecular weight is 304 g/mol. The molecule has 0 bridgehead atoms. The molecule has 1 aromatic heterocycles. The first-order valence-electron chi connectivity index (χ1n) is 6.76. The zero-order valence-electron chi connectivity index (χ0n) is 11.7. The van der Waals surface area contributed by atoms with Gasteiger partial charge in [0.15, 0.2) is 0 Å². The van der Waals surface area contributed by atoms with E-state index in [1.54, 1.807) is 11.9 Å². The summed E-state index contributed by atoms with van der Waals surface area (Å²) in [5.74, 6) is -0.815. The number of carbonyl (C=O) groups is 2. The molecule has 1 N–H and O–H groups in total. The fourth-order valence-electron chi connectivity index (χ4n) is 2.59. The molecule has 5 nitrogen and oxygen atoms in total. The largest absolute Gasteiger partial charge is 0.477 e. The van der Waals surface area contributed by atoms with E-state index in [-0.39, 0.29) is 5.91 Å². The predicted octanol–water partition coefficient (Wildman–Crippen LogP) is 1.87. The van der Waals surface area contributed by atoms with Crippen molar-refractivity contribution in [2.75, 3.05) is 26.7 Å². The average Bonchev–Trinajstić information content (AvgIpc) is 2.82. The van der Waals surface area contributed by atoms with Gasteiger partial charge in [0.1, 0.15) is 4.88 Å². The van der Waals surface area contributed by atoms with E-state index in [0.29, 0.717) is 24.5 Å². The zero-order valence-corrected chi connectivity index (χ0v) is 12.5. The molecule has 1 amide bonds. The van der Waals surface area contributed by atoms with Crippen LogP contribution in [0.25, 0.3) is 10.1 Å². The monoisotopic (exact) mass is 304 g/mol. The van der Waals surface area contributed by atoms with Gasteiger partial charge in [-0.15, -0.1) is 11.3 Å². The minimum atomic E-state index is -0.897. The van der Waals surface area contributed by atoms with Crippen LogP contribution in [-0.4, -0.2) is 53.5 Å². The molecule has 2 aromatic rings. The smallest absolute Gasteiger partial charge is 0.346 e. The van der Waals surface area contributed by atoms with Gasteiger partial charge < -0.3 is 10.0 Å². The summed E-state index contributed by atoms with van der Waals surface area (Å²) >= 11 is 1.30. The van der Waals surface area contributed by atoms with Gasteiger partial charge in [-0.1, -0.05) is 18.2 Å². The standard InChI is InChI=1S/C15H16N2O3S/c1-16-6-7-17(9-13(16)18)8-11-10-4-2-3-5-12(10)21-14(11)15(19)20/h2-5H,6-9H2,1H3,(H,19,20). The van der Waals surface area contributed by atoms with Gasteiger partial charge in [0.25, 0.3) is 0 Å². The molecule has 0 radical (unpaired) electrons. The molecule has 0 spiro atoms. The van der Waals surface area contributed by atoms with Crippen LogP contribution in [0.4, 0.5) is 0 Å². The topological polar surface area (TPSA) is 60.9 Å². The maximum absolute atomic E-state index is 11.8. The Bertz CT molecular complexity index is 710. The number of hydrogen-bond acceptors (Lipinski definition) is 4. The highest BCUT2D eigenvalue weighted by Crippen LogP contribution is 2.32. The van der Waals surface area contributed by atoms with Gasteiger partial charge in [-0.05, 0) is 17.0 Å². The Morgan fingerprint density at radius 2 is 2.10 bits per heavy atom. The summed E-state index contributed by atoms with van der Waals surface area (Å²) in [6.45, 7) is 2.31. The summed E-state index contributed by atoms with van der Waals surface area (Å²) in [6.07, 6.45) is 0. The number of hydrogen-bond donors (Lipinski definition) is 1. The SMILES string of the molecule is CN1CCN(Cc2c(C(=O)O)sc3ccccc23)CC1=O. The van der Waals surface area contributed by atoms with Crippen LogP contribution < -0.4 is 0 Å². The van der Waals surface area contributed by atoms with Crippen molar-refractivity contribution in [3.8, 4) is 0 Å². The minimum absolute atomic E-state index is 0.0812. The van der Waals surface area contributed by atoms with Gasteiger partial charge in [-0.3, -0.25) is 9.69 Å². The lowest BCUT2D eigenvalue weighted by molar-refractivity contribution is -0.134. The zero-order chi connectivity index (χ0) is 15.0. The van der Waals surface area contributed by atoms with Crippen LogP contribution in [0.5, 0.6) is 0 Å². The van der Waals surface area contributed by atoms with Crippen molar-refractivity contribution in [3.63, 3.8) is 0 Å². The lowest BCUT2D eigenvalue weighted by atomic mass is 10.1. The van der Waals surface area contributed by atoms with Crippen molar-refractivity contribution in [3.05, 3.63) is 34.7 Å². The van der Waals surface area contributed by atoms with E-state index < -0.39 is 5.97 Å². The lowest BCUT2D eigenvalue weighted by Crippen LogP contribution is -2.48. The molecule has 0 aliphatic carbocycles. The number of rotatable bonds is 3. The molecule has 6 heteroatoms. The highest BCUT2D eigenvalue weighted by Gasteiger charge is 2.24. The van der Waals surface area contributed by atoms with Crippen molar-refractivity contribution in [1.29, 1.82) is 0 Å². The Kier molecular flexibility index (Phi) is 3.65. The van der Waals surface area contributed by atoms with Crippen molar-refractivity contribution in [1.82, 2.24) is 9.80 Å². The molecule has 1 fully saturated rings. The second kappa shape index (κ2) is 5.46. The van der Waals surface area contributed by atoms with E-state index >= 15 is 0 Å². The quantitative estimate of drug-likeness (QED) is 0.940. The Labute approximate surface area is 126 Å². The van der Waals surface area contributed by atoms with Gasteiger partial charge in [0.2, 0.25) is 5.91 Å². The van der Waals surface area contributed by atoms with Gasteiger partial charge in [0.05, 0.1) is 6.54 Å². The van der Waals surface area contributed by atoms with E-state index in [1.165, 1.54) is 11.3 Å². The maximum Gasteiger partial charge on any atom is 0.346 e. The molecule has 3 rings (SSSR count). The molecule has 2 heterocycles. The van der Waals surface area contributed by atoms with E-state index in [2.05, 4.69) is 0 Å². The summed E-state index contributed by atoms with van der Waals surface area (Å²) in [5, 5.41) is 10.4. The third-order valence-electron chi connectivity index (χ3n) is 3.81. The molecule has 1 aliphatic heterocycles. The number of aromatic carboxylic acids is 1. The van der Waals surface area contributed by atoms with E-state index in [0.717, 1.165) is 22.2 Å². The van der Waals surface area contributed by atoms with Crippen LogP contribution in [0.15, 0.2) is 24.3 Å². The Morgan fingerprint density at radius 3 is 2.81 bits per heavy atom. The molecule has 0 unspecified atom stereocenters. The van der Waals surface area contributed by atoms with E-state index in [4.69, 9.17) is 0 Å². The first-order chi connectivity index (χ1) is 10.1. The number of carboxylic acids is 1. The summed E-state index contributed by atoms with van der Waals surface area (Å²) in [7, 11) is 1.79. The number of nitrogens with zero attached hydrogens (tertiary/aromatic N) is 2. The highest BCUT2D eigenvalue weighted by molar-refractivity contribution is 7.21. The minimum Gasteiger partial charge on any atom is -0.477 e. The number of piperazine rings is 1. The van der Waals surface area contributed by atoms with Crippen LogP contribution in [0, 0.1) is 0 Å². The molecule has 0 saturated carbocycles. The molecule has 1 aliphatic rings. The number of carboxylic acid groups (broad SMARTS) is 1. The maximum atomic E-state index is 11.8. The third kappa shape index (κ3) is 2.64. The second-order valence-electron chi connectivity index (χ2n) is 5.24. The fraction of sp³-hybridized carbons (Fsp3) is 0.333. The van der Waals surface area contributed by atoms with Crippen molar-refractivity contribution >= 4 is 33.3 Å². The summed E-state index contributed by atoms with van der Waals surface area (Å²) in [5.41, 5.74) is 0.820. The fourth-order valence-corrected chi connectivity index (χ4v) is 3.65. The summed E-state index contributed by atoms with van der Waals surface area (Å²) in [4.78, 5) is 27.4. The first kappa shape index (κ1) is 14.0. The Hall–Kier alpha value is -1.92. The first-order valence-corrected chi connectivity index (χ1v) is 7.58.